The summed E-state index contributed by atoms with van der Waals surface area (Å²) in [5.74, 6) is -2.07. The summed E-state index contributed by atoms with van der Waals surface area (Å²) < 4.78 is 20.4. The Kier molecular flexibility index (Phi) is 6.54. The van der Waals surface area contributed by atoms with E-state index in [2.05, 4.69) is 11.6 Å². The Hall–Kier alpha value is -4.26. The van der Waals surface area contributed by atoms with E-state index in [0.717, 1.165) is 0 Å². The van der Waals surface area contributed by atoms with Gasteiger partial charge in [0.15, 0.2) is 0 Å². The summed E-state index contributed by atoms with van der Waals surface area (Å²) in [4.78, 5) is 31.5. The first kappa shape index (κ1) is 22.9. The van der Waals surface area contributed by atoms with E-state index in [1.165, 1.54) is 23.1 Å². The largest absolute Gasteiger partial charge is 0.507 e. The molecule has 1 fully saturated rings. The lowest BCUT2D eigenvalue weighted by atomic mass is 9.93. The van der Waals surface area contributed by atoms with Crippen LogP contribution in [0.3, 0.4) is 0 Å². The first-order valence-electron chi connectivity index (χ1n) is 10.7. The number of hydrogen-bond acceptors (Lipinski definition) is 5. The molecular formula is C27H23FN2O4. The van der Waals surface area contributed by atoms with Gasteiger partial charge in [-0.1, -0.05) is 36.9 Å². The third kappa shape index (κ3) is 4.32. The Bertz CT molecular complexity index is 1290. The molecule has 34 heavy (non-hydrogen) atoms. The number of nitrogens with zero attached hydrogens (tertiary/aromatic N) is 2. The van der Waals surface area contributed by atoms with Crippen molar-refractivity contribution in [3.63, 3.8) is 0 Å². The normalized spacial score (nSPS) is 17.1. The van der Waals surface area contributed by atoms with Gasteiger partial charge in [-0.05, 0) is 48.4 Å². The molecule has 0 bridgehead atoms. The van der Waals surface area contributed by atoms with Crippen LogP contribution in [0.25, 0.3) is 5.76 Å². The SMILES string of the molecule is C=CCOc1ccc(C(O)=C2C(=O)C(=O)N(Cc3cccnc3)[C@@H]2c2ccccc2F)c(C)c1. The minimum absolute atomic E-state index is 0.0293. The first-order valence-corrected chi connectivity index (χ1v) is 10.7. The van der Waals surface area contributed by atoms with Gasteiger partial charge in [0, 0.05) is 30.1 Å². The summed E-state index contributed by atoms with van der Waals surface area (Å²) in [6, 6.07) is 13.3. The third-order valence-electron chi connectivity index (χ3n) is 5.64. The fraction of sp³-hybridized carbons (Fsp3) is 0.148. The van der Waals surface area contributed by atoms with Gasteiger partial charge in [-0.15, -0.1) is 0 Å². The van der Waals surface area contributed by atoms with Crippen LogP contribution in [0.4, 0.5) is 4.39 Å². The zero-order valence-corrected chi connectivity index (χ0v) is 18.6. The summed E-state index contributed by atoms with van der Waals surface area (Å²) >= 11 is 0. The highest BCUT2D eigenvalue weighted by molar-refractivity contribution is 6.46. The Balaban J connectivity index is 1.85. The van der Waals surface area contributed by atoms with Crippen LogP contribution >= 0.6 is 0 Å². The minimum atomic E-state index is -1.10. The van der Waals surface area contributed by atoms with Gasteiger partial charge in [0.1, 0.15) is 23.9 Å². The number of Topliss-reactive ketones (excluding diaryl/α,β-unsaturated/α-hetero) is 1. The molecular weight excluding hydrogens is 435 g/mol. The molecule has 2 heterocycles. The highest BCUT2D eigenvalue weighted by Crippen LogP contribution is 2.41. The number of pyridine rings is 1. The second kappa shape index (κ2) is 9.70. The number of rotatable bonds is 7. The number of hydrogen-bond donors (Lipinski definition) is 1. The van der Waals surface area contributed by atoms with Crippen molar-refractivity contribution in [2.45, 2.75) is 19.5 Å². The zero-order chi connectivity index (χ0) is 24.2. The first-order chi connectivity index (χ1) is 16.4. The van der Waals surface area contributed by atoms with Gasteiger partial charge in [0.05, 0.1) is 11.6 Å². The van der Waals surface area contributed by atoms with Crippen LogP contribution in [0.2, 0.25) is 0 Å². The molecule has 0 spiro atoms. The van der Waals surface area contributed by atoms with Crippen molar-refractivity contribution in [1.29, 1.82) is 0 Å². The number of benzene rings is 2. The van der Waals surface area contributed by atoms with Crippen molar-refractivity contribution < 1.29 is 23.8 Å². The fourth-order valence-electron chi connectivity index (χ4n) is 4.04. The van der Waals surface area contributed by atoms with E-state index in [1.807, 2.05) is 0 Å². The molecule has 0 saturated carbocycles. The number of halogens is 1. The monoisotopic (exact) mass is 458 g/mol. The number of likely N-dealkylation sites (tertiary alicyclic amines) is 1. The van der Waals surface area contributed by atoms with Crippen LogP contribution in [-0.4, -0.2) is 33.3 Å². The minimum Gasteiger partial charge on any atom is -0.507 e. The quantitative estimate of drug-likeness (QED) is 0.240. The molecule has 1 saturated heterocycles. The number of aliphatic hydroxyl groups is 1. The van der Waals surface area contributed by atoms with Crippen molar-refractivity contribution in [2.75, 3.05) is 6.61 Å². The predicted octanol–water partition coefficient (Wildman–Crippen LogP) is 4.72. The van der Waals surface area contributed by atoms with Gasteiger partial charge in [0.25, 0.3) is 11.7 Å². The van der Waals surface area contributed by atoms with Gasteiger partial charge >= 0.3 is 0 Å². The smallest absolute Gasteiger partial charge is 0.295 e. The molecule has 1 aromatic heterocycles. The number of amides is 1. The molecule has 0 aliphatic carbocycles. The summed E-state index contributed by atoms with van der Waals surface area (Å²) in [7, 11) is 0. The van der Waals surface area contributed by atoms with E-state index in [9.17, 15) is 19.1 Å². The highest BCUT2D eigenvalue weighted by Gasteiger charge is 2.47. The van der Waals surface area contributed by atoms with Gasteiger partial charge in [0.2, 0.25) is 0 Å². The summed E-state index contributed by atoms with van der Waals surface area (Å²) in [6.07, 6.45) is 4.78. The van der Waals surface area contributed by atoms with Crippen LogP contribution in [0, 0.1) is 12.7 Å². The maximum absolute atomic E-state index is 14.9. The van der Waals surface area contributed by atoms with Crippen LogP contribution in [-0.2, 0) is 16.1 Å². The van der Waals surface area contributed by atoms with Crippen LogP contribution in [0.1, 0.15) is 28.3 Å². The lowest BCUT2D eigenvalue weighted by molar-refractivity contribution is -0.140. The molecule has 4 rings (SSSR count). The third-order valence-corrected chi connectivity index (χ3v) is 5.64. The highest BCUT2D eigenvalue weighted by atomic mass is 19.1. The molecule has 2 aromatic carbocycles. The average molecular weight is 458 g/mol. The van der Waals surface area contributed by atoms with Crippen LogP contribution < -0.4 is 4.74 Å². The molecule has 3 aromatic rings. The van der Waals surface area contributed by atoms with E-state index in [1.54, 1.807) is 61.8 Å². The molecule has 1 aliphatic rings. The van der Waals surface area contributed by atoms with Crippen LogP contribution in [0.15, 0.2) is 85.2 Å². The number of carbonyl (C=O) groups is 2. The van der Waals surface area contributed by atoms with Crippen molar-refractivity contribution in [3.05, 3.63) is 113 Å². The van der Waals surface area contributed by atoms with Gasteiger partial charge in [-0.3, -0.25) is 14.6 Å². The van der Waals surface area contributed by atoms with E-state index in [4.69, 9.17) is 4.74 Å². The number of ether oxygens (including phenoxy) is 1. The van der Waals surface area contributed by atoms with Gasteiger partial charge in [-0.25, -0.2) is 4.39 Å². The average Bonchev–Trinajstić information content (AvgIpc) is 3.08. The topological polar surface area (TPSA) is 79.7 Å². The number of ketones is 1. The molecule has 7 heteroatoms. The zero-order valence-electron chi connectivity index (χ0n) is 18.6. The van der Waals surface area contributed by atoms with E-state index in [0.29, 0.717) is 29.0 Å². The molecule has 172 valence electrons. The van der Waals surface area contributed by atoms with E-state index in [-0.39, 0.29) is 23.4 Å². The van der Waals surface area contributed by atoms with Gasteiger partial charge in [-0.2, -0.15) is 0 Å². The Labute approximate surface area is 196 Å². The second-order valence-electron chi connectivity index (χ2n) is 7.89. The maximum Gasteiger partial charge on any atom is 0.295 e. The molecule has 6 nitrogen and oxygen atoms in total. The number of aryl methyl sites for hydroxylation is 1. The Morgan fingerprint density at radius 1 is 1.21 bits per heavy atom. The number of carbonyl (C=O) groups excluding carboxylic acids is 2. The van der Waals surface area contributed by atoms with Crippen molar-refractivity contribution in [1.82, 2.24) is 9.88 Å². The molecule has 1 N–H and O–H groups in total. The molecule has 1 atom stereocenters. The molecule has 1 amide bonds. The number of aromatic nitrogens is 1. The fourth-order valence-corrected chi connectivity index (χ4v) is 4.04. The Morgan fingerprint density at radius 2 is 2.00 bits per heavy atom. The predicted molar refractivity (Wildman–Crippen MR) is 125 cm³/mol. The lowest BCUT2D eigenvalue weighted by Gasteiger charge is -2.25. The molecule has 0 radical (unpaired) electrons. The van der Waals surface area contributed by atoms with Crippen molar-refractivity contribution in [2.24, 2.45) is 0 Å². The van der Waals surface area contributed by atoms with Crippen molar-refractivity contribution >= 4 is 17.4 Å². The maximum atomic E-state index is 14.9. The van der Waals surface area contributed by atoms with Gasteiger partial charge < -0.3 is 14.7 Å². The molecule has 0 unspecified atom stereocenters. The van der Waals surface area contributed by atoms with Crippen molar-refractivity contribution in [3.8, 4) is 5.75 Å². The summed E-state index contributed by atoms with van der Waals surface area (Å²) in [5.41, 5.74) is 1.61. The lowest BCUT2D eigenvalue weighted by Crippen LogP contribution is -2.29. The second-order valence-corrected chi connectivity index (χ2v) is 7.89. The standard InChI is InChI=1S/C27H23FN2O4/c1-3-13-34-19-10-11-20(17(2)14-19)25(31)23-24(21-8-4-5-9-22(21)28)30(27(33)26(23)32)16-18-7-6-12-29-15-18/h3-12,14-15,24,31H,1,13,16H2,2H3/t24-/m1/s1. The van der Waals surface area contributed by atoms with E-state index >= 15 is 0 Å². The Morgan fingerprint density at radius 3 is 2.68 bits per heavy atom. The summed E-state index contributed by atoms with van der Waals surface area (Å²) in [6.45, 7) is 5.71. The molecule has 1 aliphatic heterocycles. The summed E-state index contributed by atoms with van der Waals surface area (Å²) in [5, 5.41) is 11.3. The van der Waals surface area contributed by atoms with E-state index < -0.39 is 23.5 Å². The number of aliphatic hydroxyl groups excluding tert-OH is 1. The van der Waals surface area contributed by atoms with Crippen LogP contribution in [0.5, 0.6) is 5.75 Å².